The normalized spacial score (nSPS) is 14.5. The van der Waals surface area contributed by atoms with Crippen molar-refractivity contribution in [2.75, 3.05) is 5.73 Å². The molecule has 1 aliphatic carbocycles. The van der Waals surface area contributed by atoms with Crippen molar-refractivity contribution in [2.45, 2.75) is 32.7 Å². The minimum Gasteiger partial charge on any atom is -0.399 e. The number of aromatic nitrogens is 1. The number of hydrogen-bond acceptors (Lipinski definition) is 2. The number of aryl methyl sites for hydroxylation is 1. The number of anilines is 1. The van der Waals surface area contributed by atoms with E-state index in [-0.39, 0.29) is 0 Å². The summed E-state index contributed by atoms with van der Waals surface area (Å²) >= 11 is 0. The van der Waals surface area contributed by atoms with Gasteiger partial charge in [-0.3, -0.25) is 4.79 Å². The number of nitrogens with two attached hydrogens (primary N) is 1. The lowest BCUT2D eigenvalue weighted by atomic mass is 9.96. The average Bonchev–Trinajstić information content (AvgIpc) is 2.71. The van der Waals surface area contributed by atoms with Gasteiger partial charge in [-0.25, -0.2) is 0 Å². The minimum absolute atomic E-state index is 0.292. The van der Waals surface area contributed by atoms with Gasteiger partial charge >= 0.3 is 0 Å². The number of ketones is 1. The zero-order valence-electron chi connectivity index (χ0n) is 11.1. The average molecular weight is 254 g/mol. The van der Waals surface area contributed by atoms with E-state index < -0.39 is 0 Å². The van der Waals surface area contributed by atoms with Gasteiger partial charge in [0.2, 0.25) is 0 Å². The van der Waals surface area contributed by atoms with Gasteiger partial charge in [-0.2, -0.15) is 0 Å². The predicted octanol–water partition coefficient (Wildman–Crippen LogP) is 2.95. The molecule has 0 saturated carbocycles. The van der Waals surface area contributed by atoms with Gasteiger partial charge in [-0.15, -0.1) is 0 Å². The first-order valence-electron chi connectivity index (χ1n) is 6.72. The Morgan fingerprint density at radius 3 is 2.68 bits per heavy atom. The van der Waals surface area contributed by atoms with E-state index in [9.17, 15) is 4.79 Å². The Balaban J connectivity index is 1.97. The van der Waals surface area contributed by atoms with Crippen LogP contribution in [0.3, 0.4) is 0 Å². The third kappa shape index (κ3) is 2.16. The third-order valence-electron chi connectivity index (χ3n) is 3.85. The molecule has 1 aromatic carbocycles. The molecule has 0 saturated heterocycles. The maximum atomic E-state index is 11.9. The molecule has 1 heterocycles. The molecule has 0 amide bonds. The van der Waals surface area contributed by atoms with Crippen molar-refractivity contribution >= 4 is 11.5 Å². The molecule has 1 aliphatic rings. The standard InChI is InChI=1S/C16H18N2O/c1-11-9-14-15(3-2-4-16(14)19)18(11)10-12-5-7-13(17)8-6-12/h5-9H,2-4,10,17H2,1H3. The molecular formula is C16H18N2O. The van der Waals surface area contributed by atoms with E-state index in [4.69, 9.17) is 5.73 Å². The summed E-state index contributed by atoms with van der Waals surface area (Å²) in [6.45, 7) is 2.89. The zero-order chi connectivity index (χ0) is 13.4. The Bertz CT molecular complexity index is 623. The van der Waals surface area contributed by atoms with Gasteiger partial charge in [0.15, 0.2) is 5.78 Å². The highest BCUT2D eigenvalue weighted by molar-refractivity contribution is 5.98. The van der Waals surface area contributed by atoms with Crippen LogP contribution < -0.4 is 5.73 Å². The number of carbonyl (C=O) groups excluding carboxylic acids is 1. The van der Waals surface area contributed by atoms with Gasteiger partial charge < -0.3 is 10.3 Å². The molecule has 19 heavy (non-hydrogen) atoms. The summed E-state index contributed by atoms with van der Waals surface area (Å²) in [6, 6.07) is 9.98. The molecule has 2 N–H and O–H groups in total. The lowest BCUT2D eigenvalue weighted by Crippen LogP contribution is -2.14. The molecule has 3 heteroatoms. The summed E-state index contributed by atoms with van der Waals surface area (Å²) in [6.07, 6.45) is 2.67. The summed E-state index contributed by atoms with van der Waals surface area (Å²) in [7, 11) is 0. The highest BCUT2D eigenvalue weighted by Crippen LogP contribution is 2.25. The number of rotatable bonds is 2. The fraction of sp³-hybridized carbons (Fsp3) is 0.312. The largest absolute Gasteiger partial charge is 0.399 e. The smallest absolute Gasteiger partial charge is 0.164 e. The molecule has 0 unspecified atom stereocenters. The van der Waals surface area contributed by atoms with E-state index in [1.165, 1.54) is 11.3 Å². The monoisotopic (exact) mass is 254 g/mol. The third-order valence-corrected chi connectivity index (χ3v) is 3.85. The number of carbonyl (C=O) groups is 1. The van der Waals surface area contributed by atoms with Gasteiger partial charge in [0.1, 0.15) is 0 Å². The lowest BCUT2D eigenvalue weighted by molar-refractivity contribution is 0.0972. The van der Waals surface area contributed by atoms with Crippen LogP contribution in [0.2, 0.25) is 0 Å². The van der Waals surface area contributed by atoms with Crippen molar-refractivity contribution in [3.05, 3.63) is 52.8 Å². The molecule has 1 aromatic heterocycles. The van der Waals surface area contributed by atoms with Crippen LogP contribution in [-0.4, -0.2) is 10.4 Å². The van der Waals surface area contributed by atoms with Crippen molar-refractivity contribution in [1.29, 1.82) is 0 Å². The van der Waals surface area contributed by atoms with E-state index in [2.05, 4.69) is 11.5 Å². The van der Waals surface area contributed by atoms with Crippen LogP contribution in [0.4, 0.5) is 5.69 Å². The molecule has 0 fully saturated rings. The van der Waals surface area contributed by atoms with Gasteiger partial charge in [-0.05, 0) is 43.5 Å². The molecule has 3 nitrogen and oxygen atoms in total. The van der Waals surface area contributed by atoms with Gasteiger partial charge in [-0.1, -0.05) is 12.1 Å². The van der Waals surface area contributed by atoms with Crippen molar-refractivity contribution in [3.8, 4) is 0 Å². The maximum Gasteiger partial charge on any atom is 0.164 e. The Morgan fingerprint density at radius 2 is 1.95 bits per heavy atom. The van der Waals surface area contributed by atoms with Crippen LogP contribution in [-0.2, 0) is 13.0 Å². The van der Waals surface area contributed by atoms with E-state index in [1.54, 1.807) is 0 Å². The number of fused-ring (bicyclic) bond motifs is 1. The Morgan fingerprint density at radius 1 is 1.21 bits per heavy atom. The number of Topliss-reactive ketones (excluding diaryl/α,β-unsaturated/α-hetero) is 1. The molecule has 0 radical (unpaired) electrons. The predicted molar refractivity (Wildman–Crippen MR) is 76.4 cm³/mol. The van der Waals surface area contributed by atoms with Crippen LogP contribution in [0, 0.1) is 6.92 Å². The summed E-state index contributed by atoms with van der Waals surface area (Å²) in [5, 5.41) is 0. The molecule has 2 aromatic rings. The van der Waals surface area contributed by atoms with Crippen molar-refractivity contribution in [3.63, 3.8) is 0 Å². The molecule has 0 bridgehead atoms. The number of benzene rings is 1. The van der Waals surface area contributed by atoms with E-state index in [0.29, 0.717) is 12.2 Å². The molecule has 3 rings (SSSR count). The summed E-state index contributed by atoms with van der Waals surface area (Å²) in [5.41, 5.74) is 11.0. The van der Waals surface area contributed by atoms with Gasteiger partial charge in [0.25, 0.3) is 0 Å². The van der Waals surface area contributed by atoms with Crippen LogP contribution in [0.5, 0.6) is 0 Å². The number of nitrogen functional groups attached to an aromatic ring is 1. The summed E-state index contributed by atoms with van der Waals surface area (Å²) < 4.78 is 2.26. The Labute approximate surface area is 113 Å². The Kier molecular flexibility index (Phi) is 2.90. The highest BCUT2D eigenvalue weighted by atomic mass is 16.1. The molecule has 98 valence electrons. The SMILES string of the molecule is Cc1cc2c(n1Cc1ccc(N)cc1)CCCC2=O. The second-order valence-corrected chi connectivity index (χ2v) is 5.25. The fourth-order valence-electron chi connectivity index (χ4n) is 2.82. The highest BCUT2D eigenvalue weighted by Gasteiger charge is 2.22. The molecular weight excluding hydrogens is 236 g/mol. The quantitative estimate of drug-likeness (QED) is 0.838. The van der Waals surface area contributed by atoms with Crippen LogP contribution >= 0.6 is 0 Å². The summed E-state index contributed by atoms with van der Waals surface area (Å²) in [4.78, 5) is 11.9. The second kappa shape index (κ2) is 4.57. The lowest BCUT2D eigenvalue weighted by Gasteiger charge is -2.16. The molecule has 0 spiro atoms. The van der Waals surface area contributed by atoms with E-state index in [0.717, 1.165) is 36.3 Å². The number of nitrogens with zero attached hydrogens (tertiary/aromatic N) is 1. The summed E-state index contributed by atoms with van der Waals surface area (Å²) in [5.74, 6) is 0.292. The zero-order valence-corrected chi connectivity index (χ0v) is 11.1. The fourth-order valence-corrected chi connectivity index (χ4v) is 2.82. The molecule has 0 aliphatic heterocycles. The van der Waals surface area contributed by atoms with Crippen LogP contribution in [0.25, 0.3) is 0 Å². The van der Waals surface area contributed by atoms with Crippen molar-refractivity contribution in [2.24, 2.45) is 0 Å². The minimum atomic E-state index is 0.292. The van der Waals surface area contributed by atoms with Crippen molar-refractivity contribution in [1.82, 2.24) is 4.57 Å². The maximum absolute atomic E-state index is 11.9. The Hall–Kier alpha value is -2.03. The first-order chi connectivity index (χ1) is 9.15. The van der Waals surface area contributed by atoms with Crippen molar-refractivity contribution < 1.29 is 4.79 Å². The van der Waals surface area contributed by atoms with E-state index in [1.807, 2.05) is 30.3 Å². The van der Waals surface area contributed by atoms with Crippen LogP contribution in [0.15, 0.2) is 30.3 Å². The number of hydrogen-bond donors (Lipinski definition) is 1. The second-order valence-electron chi connectivity index (χ2n) is 5.25. The topological polar surface area (TPSA) is 48.0 Å². The van der Waals surface area contributed by atoms with Gasteiger partial charge in [0.05, 0.1) is 0 Å². The van der Waals surface area contributed by atoms with Gasteiger partial charge in [0, 0.05) is 35.6 Å². The molecule has 0 atom stereocenters. The van der Waals surface area contributed by atoms with E-state index >= 15 is 0 Å². The first-order valence-corrected chi connectivity index (χ1v) is 6.72. The first kappa shape index (κ1) is 12.0. The van der Waals surface area contributed by atoms with Crippen LogP contribution in [0.1, 0.15) is 40.2 Å².